The molecular formula is C14H14FN3O3. The lowest BCUT2D eigenvalue weighted by molar-refractivity contribution is -0.384. The lowest BCUT2D eigenvalue weighted by Crippen LogP contribution is -2.09. The number of anilines is 1. The molecule has 0 amide bonds. The molecule has 0 saturated carbocycles. The Labute approximate surface area is 120 Å². The van der Waals surface area contributed by atoms with Crippen LogP contribution in [0.2, 0.25) is 0 Å². The lowest BCUT2D eigenvalue weighted by Gasteiger charge is -2.07. The predicted molar refractivity (Wildman–Crippen MR) is 75.8 cm³/mol. The zero-order valence-corrected chi connectivity index (χ0v) is 11.1. The van der Waals surface area contributed by atoms with E-state index in [-0.39, 0.29) is 30.4 Å². The Balaban J connectivity index is 2.02. The van der Waals surface area contributed by atoms with Crippen LogP contribution in [0.25, 0.3) is 0 Å². The summed E-state index contributed by atoms with van der Waals surface area (Å²) in [5, 5.41) is 10.9. The molecule has 0 aromatic heterocycles. The number of hydrogen-bond acceptors (Lipinski definition) is 5. The average molecular weight is 291 g/mol. The van der Waals surface area contributed by atoms with E-state index < -0.39 is 4.92 Å². The van der Waals surface area contributed by atoms with Gasteiger partial charge in [-0.2, -0.15) is 0 Å². The summed E-state index contributed by atoms with van der Waals surface area (Å²) in [4.78, 5) is 10.4. The van der Waals surface area contributed by atoms with Gasteiger partial charge in [0.25, 0.3) is 5.69 Å². The molecule has 7 heteroatoms. The second kappa shape index (κ2) is 6.78. The molecule has 0 atom stereocenters. The van der Waals surface area contributed by atoms with Crippen LogP contribution in [0.4, 0.5) is 15.8 Å². The third-order valence-corrected chi connectivity index (χ3v) is 2.90. The number of rotatable bonds is 6. The fourth-order valence-electron chi connectivity index (χ4n) is 1.83. The highest BCUT2D eigenvalue weighted by Gasteiger charge is 2.13. The molecule has 0 aliphatic carbocycles. The normalized spacial score (nSPS) is 10.4. The van der Waals surface area contributed by atoms with Crippen LogP contribution in [0.1, 0.15) is 11.1 Å². The second-order valence-corrected chi connectivity index (χ2v) is 4.34. The highest BCUT2D eigenvalue weighted by Crippen LogP contribution is 2.25. The number of ether oxygens (including phenoxy) is 1. The average Bonchev–Trinajstić information content (AvgIpc) is 2.49. The molecule has 3 N–H and O–H groups in total. The second-order valence-electron chi connectivity index (χ2n) is 4.34. The van der Waals surface area contributed by atoms with Crippen LogP contribution in [0.15, 0.2) is 42.5 Å². The molecule has 0 radical (unpaired) electrons. The molecule has 2 aromatic carbocycles. The number of nitro groups is 1. The van der Waals surface area contributed by atoms with Crippen LogP contribution in [0, 0.1) is 15.9 Å². The Morgan fingerprint density at radius 2 is 2.00 bits per heavy atom. The van der Waals surface area contributed by atoms with Crippen LogP contribution in [0.3, 0.4) is 0 Å². The number of hydrazine groups is 1. The van der Waals surface area contributed by atoms with Crippen LogP contribution in [-0.2, 0) is 18.0 Å². The molecule has 0 heterocycles. The van der Waals surface area contributed by atoms with Gasteiger partial charge >= 0.3 is 0 Å². The first kappa shape index (κ1) is 14.9. The van der Waals surface area contributed by atoms with Crippen LogP contribution >= 0.6 is 0 Å². The molecule has 2 aromatic rings. The van der Waals surface area contributed by atoms with Crippen molar-refractivity contribution in [1.29, 1.82) is 0 Å². The van der Waals surface area contributed by atoms with Crippen molar-refractivity contribution in [1.82, 2.24) is 0 Å². The Bertz CT molecular complexity index is 649. The van der Waals surface area contributed by atoms with Gasteiger partial charge in [0.2, 0.25) is 0 Å². The third kappa shape index (κ3) is 3.74. The molecule has 110 valence electrons. The van der Waals surface area contributed by atoms with E-state index in [0.717, 1.165) is 0 Å². The van der Waals surface area contributed by atoms with Gasteiger partial charge in [0.1, 0.15) is 11.5 Å². The van der Waals surface area contributed by atoms with Crippen molar-refractivity contribution in [2.24, 2.45) is 5.84 Å². The summed E-state index contributed by atoms with van der Waals surface area (Å²) in [6, 6.07) is 10.8. The van der Waals surface area contributed by atoms with E-state index in [1.807, 2.05) is 0 Å². The van der Waals surface area contributed by atoms with Crippen molar-refractivity contribution in [3.05, 3.63) is 69.5 Å². The Hall–Kier alpha value is -2.51. The molecule has 0 saturated heterocycles. The molecule has 0 bridgehead atoms. The van der Waals surface area contributed by atoms with Crippen molar-refractivity contribution >= 4 is 11.4 Å². The zero-order valence-electron chi connectivity index (χ0n) is 11.1. The van der Waals surface area contributed by atoms with Gasteiger partial charge in [-0.15, -0.1) is 0 Å². The van der Waals surface area contributed by atoms with Crippen molar-refractivity contribution in [3.8, 4) is 0 Å². The molecule has 0 spiro atoms. The predicted octanol–water partition coefficient (Wildman–Crippen LogP) is 2.74. The van der Waals surface area contributed by atoms with E-state index in [9.17, 15) is 14.5 Å². The Morgan fingerprint density at radius 3 is 2.67 bits per heavy atom. The molecule has 0 fully saturated rings. The number of nitrogens with zero attached hydrogens (tertiary/aromatic N) is 1. The number of nitrogen functional groups attached to an aromatic ring is 1. The minimum Gasteiger partial charge on any atom is -0.372 e. The van der Waals surface area contributed by atoms with Gasteiger partial charge in [-0.1, -0.05) is 24.3 Å². The minimum atomic E-state index is -0.532. The maximum Gasteiger partial charge on any atom is 0.294 e. The molecule has 2 rings (SSSR count). The molecule has 0 unspecified atom stereocenters. The quantitative estimate of drug-likeness (QED) is 0.485. The first-order valence-electron chi connectivity index (χ1n) is 6.17. The van der Waals surface area contributed by atoms with Crippen molar-refractivity contribution in [2.75, 3.05) is 5.43 Å². The maximum atomic E-state index is 13.4. The van der Waals surface area contributed by atoms with Crippen LogP contribution < -0.4 is 11.3 Å². The van der Waals surface area contributed by atoms with Gasteiger partial charge in [-0.3, -0.25) is 16.0 Å². The molecule has 21 heavy (non-hydrogen) atoms. The lowest BCUT2D eigenvalue weighted by atomic mass is 10.2. The van der Waals surface area contributed by atoms with Crippen molar-refractivity contribution in [2.45, 2.75) is 13.2 Å². The molecule has 6 nitrogen and oxygen atoms in total. The van der Waals surface area contributed by atoms with Crippen LogP contribution in [0.5, 0.6) is 0 Å². The maximum absolute atomic E-state index is 13.4. The van der Waals surface area contributed by atoms with E-state index in [2.05, 4.69) is 5.43 Å². The zero-order chi connectivity index (χ0) is 15.2. The van der Waals surface area contributed by atoms with E-state index in [1.54, 1.807) is 24.3 Å². The summed E-state index contributed by atoms with van der Waals surface area (Å²) >= 11 is 0. The van der Waals surface area contributed by atoms with Gasteiger partial charge in [-0.05, 0) is 17.7 Å². The molecule has 0 aliphatic rings. The highest BCUT2D eigenvalue weighted by atomic mass is 19.1. The fraction of sp³-hybridized carbons (Fsp3) is 0.143. The summed E-state index contributed by atoms with van der Waals surface area (Å²) in [5.41, 5.74) is 3.39. The third-order valence-electron chi connectivity index (χ3n) is 2.90. The number of nitrogens with one attached hydrogen (secondary N) is 1. The van der Waals surface area contributed by atoms with E-state index >= 15 is 0 Å². The number of hydrogen-bond donors (Lipinski definition) is 2. The number of halogens is 1. The summed E-state index contributed by atoms with van der Waals surface area (Å²) in [7, 11) is 0. The summed E-state index contributed by atoms with van der Waals surface area (Å²) in [6.45, 7) is 0.234. The number of nitro benzene ring substituents is 1. The smallest absolute Gasteiger partial charge is 0.294 e. The van der Waals surface area contributed by atoms with E-state index in [0.29, 0.717) is 11.1 Å². The van der Waals surface area contributed by atoms with Crippen molar-refractivity contribution < 1.29 is 14.1 Å². The molecule has 0 aliphatic heterocycles. The van der Waals surface area contributed by atoms with Crippen LogP contribution in [-0.4, -0.2) is 4.92 Å². The largest absolute Gasteiger partial charge is 0.372 e. The fourth-order valence-corrected chi connectivity index (χ4v) is 1.83. The van der Waals surface area contributed by atoms with Gasteiger partial charge in [-0.25, -0.2) is 4.39 Å². The minimum absolute atomic E-state index is 0.0946. The standard InChI is InChI=1S/C14H14FN3O3/c15-12-4-2-1-3-11(12)9-21-8-10-5-6-13(17-16)14(7-10)18(19)20/h1-7,17H,8-9,16H2. The summed E-state index contributed by atoms with van der Waals surface area (Å²) in [6.07, 6.45) is 0. The molecular weight excluding hydrogens is 277 g/mol. The Morgan fingerprint density at radius 1 is 1.24 bits per heavy atom. The summed E-state index contributed by atoms with van der Waals surface area (Å²) in [5.74, 6) is 4.86. The summed E-state index contributed by atoms with van der Waals surface area (Å²) < 4.78 is 18.8. The van der Waals surface area contributed by atoms with Crippen molar-refractivity contribution in [3.63, 3.8) is 0 Å². The van der Waals surface area contributed by atoms with Gasteiger partial charge < -0.3 is 10.2 Å². The van der Waals surface area contributed by atoms with Gasteiger partial charge in [0.05, 0.1) is 18.1 Å². The first-order valence-corrected chi connectivity index (χ1v) is 6.17. The van der Waals surface area contributed by atoms with Gasteiger partial charge in [0, 0.05) is 11.6 Å². The number of benzene rings is 2. The Kier molecular flexibility index (Phi) is 4.81. The topological polar surface area (TPSA) is 90.4 Å². The van der Waals surface area contributed by atoms with Gasteiger partial charge in [0.15, 0.2) is 0 Å². The first-order chi connectivity index (χ1) is 10.1. The van der Waals surface area contributed by atoms with E-state index in [4.69, 9.17) is 10.6 Å². The van der Waals surface area contributed by atoms with E-state index in [1.165, 1.54) is 18.2 Å². The highest BCUT2D eigenvalue weighted by molar-refractivity contribution is 5.61. The number of nitrogens with two attached hydrogens (primary N) is 1. The SMILES string of the molecule is NNc1ccc(COCc2ccccc2F)cc1[N+](=O)[O-]. The monoisotopic (exact) mass is 291 g/mol.